The minimum Gasteiger partial charge on any atom is -0.481 e. The van der Waals surface area contributed by atoms with Gasteiger partial charge in [0, 0.05) is 114 Å². The molecule has 0 saturated heterocycles. The maximum Gasteiger partial charge on any atom is 0.300 e. The molecule has 0 aliphatic heterocycles. The van der Waals surface area contributed by atoms with Crippen molar-refractivity contribution in [3.63, 3.8) is 0 Å². The molecule has 0 bridgehead atoms. The van der Waals surface area contributed by atoms with Crippen LogP contribution in [0.5, 0.6) is 0 Å². The van der Waals surface area contributed by atoms with Crippen LogP contribution in [-0.2, 0) is 33.2 Å². The Morgan fingerprint density at radius 3 is 1.33 bits per heavy atom. The number of carboxylic acids is 2. The summed E-state index contributed by atoms with van der Waals surface area (Å²) >= 11 is 0. The first-order chi connectivity index (χ1) is 27.0. The number of rotatable bonds is 4. The minimum atomic E-state index is -0.833. The van der Waals surface area contributed by atoms with Crippen molar-refractivity contribution in [3.05, 3.63) is 89.9 Å². The molecule has 0 radical (unpaired) electrons. The number of benzene rings is 2. The molecule has 58 heavy (non-hydrogen) atoms. The van der Waals surface area contributed by atoms with Crippen molar-refractivity contribution in [1.82, 2.24) is 19.6 Å². The molecule has 2 aromatic carbocycles. The van der Waals surface area contributed by atoms with E-state index in [1.807, 2.05) is 90.1 Å². The summed E-state index contributed by atoms with van der Waals surface area (Å²) in [4.78, 5) is 30.3. The maximum atomic E-state index is 9.00. The molecule has 0 unspecified atom stereocenters. The monoisotopic (exact) mass is 809 g/mol. The molecule has 320 valence electrons. The van der Waals surface area contributed by atoms with Gasteiger partial charge in [0.1, 0.15) is 0 Å². The molecule has 2 N–H and O–H groups in total. The number of carboxylic acid groups (broad SMARTS) is 2. The van der Waals surface area contributed by atoms with Gasteiger partial charge in [-0.15, -0.1) is 0 Å². The van der Waals surface area contributed by atoms with E-state index in [1.54, 1.807) is 42.5 Å². The van der Waals surface area contributed by atoms with Crippen LogP contribution in [0.25, 0.3) is 43.4 Å². The zero-order chi connectivity index (χ0) is 46.3. The molecule has 0 spiro atoms. The number of aliphatic carboxylic acids is 2. The summed E-state index contributed by atoms with van der Waals surface area (Å²) in [6.07, 6.45) is 0. The fourth-order valence-electron chi connectivity index (χ4n) is 4.55. The van der Waals surface area contributed by atoms with Gasteiger partial charge in [-0.25, -0.2) is 0 Å². The Hall–Kier alpha value is -6.32. The molecule has 2 aromatic heterocycles. The highest BCUT2D eigenvalue weighted by atomic mass is 16.5. The number of ether oxygens (including phenoxy) is 2. The minimum absolute atomic E-state index is 0.640. The lowest BCUT2D eigenvalue weighted by molar-refractivity contribution is -0.135. The fraction of sp³-hybridized carbons (Fsp3) is 0.450. The van der Waals surface area contributed by atoms with Gasteiger partial charge in [-0.05, 0) is 120 Å². The molecular formula is C40H64N12O6. The molecule has 18 heteroatoms. The van der Waals surface area contributed by atoms with Crippen molar-refractivity contribution < 1.29 is 29.3 Å². The quantitative estimate of drug-likeness (QED) is 0.0866. The molecule has 0 fully saturated rings. The summed E-state index contributed by atoms with van der Waals surface area (Å²) in [6.45, 7) is 24.6. The van der Waals surface area contributed by atoms with E-state index < -0.39 is 11.9 Å². The van der Waals surface area contributed by atoms with Gasteiger partial charge in [0.2, 0.25) is 0 Å². The van der Waals surface area contributed by atoms with E-state index in [2.05, 4.69) is 76.1 Å². The van der Waals surface area contributed by atoms with Crippen molar-refractivity contribution in [1.29, 1.82) is 0 Å². The van der Waals surface area contributed by atoms with Gasteiger partial charge in [0.05, 0.1) is 11.4 Å². The highest BCUT2D eigenvalue weighted by molar-refractivity contribution is 5.79. The molecule has 0 amide bonds. The highest BCUT2D eigenvalue weighted by Gasteiger charge is 2.17. The zero-order valence-electron chi connectivity index (χ0n) is 37.6. The number of hydrogen-bond donors (Lipinski definition) is 2. The predicted octanol–water partition coefficient (Wildman–Crippen LogP) is 9.87. The Balaban J connectivity index is -0.000000346. The van der Waals surface area contributed by atoms with Crippen LogP contribution < -0.4 is 0 Å². The summed E-state index contributed by atoms with van der Waals surface area (Å²) < 4.78 is 12.2. The van der Waals surface area contributed by atoms with Crippen LogP contribution in [-0.4, -0.2) is 97.7 Å². The number of azide groups is 2. The summed E-state index contributed by atoms with van der Waals surface area (Å²) in [6, 6.07) is 7.92. The van der Waals surface area contributed by atoms with E-state index in [1.165, 1.54) is 0 Å². The van der Waals surface area contributed by atoms with Gasteiger partial charge in [0.25, 0.3) is 11.9 Å². The standard InChI is InChI=1S/2C14H17N5.2C2H5N.2C2H4O2.2C2H6O/c1-8-6-9(2)13(16-18-15)7-12(8)14-10(3)11(4)19(5)17-14;1-8-6-9(2)13(12(7-8)16-18-15)14-10(3)11(4)19(5)17-14;2*1-3-2;2*1-2(3)4;2*1-3-2/h2*6-7H,1-5H3;2*1H2,2H3;2*1H3,(H,3,4);2*1-2H3. The van der Waals surface area contributed by atoms with Crippen LogP contribution in [0.1, 0.15) is 58.6 Å². The molecule has 2 heterocycles. The second-order valence-electron chi connectivity index (χ2n) is 12.2. The smallest absolute Gasteiger partial charge is 0.300 e. The third-order valence-corrected chi connectivity index (χ3v) is 7.07. The first-order valence-electron chi connectivity index (χ1n) is 17.3. The summed E-state index contributed by atoms with van der Waals surface area (Å²) in [7, 11) is 13.6. The van der Waals surface area contributed by atoms with Crippen LogP contribution >= 0.6 is 0 Å². The van der Waals surface area contributed by atoms with Gasteiger partial charge in [-0.3, -0.25) is 19.0 Å². The Kier molecular flexibility index (Phi) is 33.1. The van der Waals surface area contributed by atoms with E-state index in [4.69, 9.17) is 30.9 Å². The molecule has 0 aliphatic carbocycles. The lowest BCUT2D eigenvalue weighted by Gasteiger charge is -2.09. The lowest BCUT2D eigenvalue weighted by atomic mass is 9.98. The van der Waals surface area contributed by atoms with E-state index in [0.717, 1.165) is 81.1 Å². The molecule has 0 aliphatic rings. The first-order valence-corrected chi connectivity index (χ1v) is 17.3. The van der Waals surface area contributed by atoms with Crippen LogP contribution in [0.2, 0.25) is 0 Å². The van der Waals surface area contributed by atoms with Crippen LogP contribution in [0.3, 0.4) is 0 Å². The van der Waals surface area contributed by atoms with Crippen molar-refractivity contribution in [3.8, 4) is 22.5 Å². The van der Waals surface area contributed by atoms with Gasteiger partial charge >= 0.3 is 0 Å². The summed E-state index contributed by atoms with van der Waals surface area (Å²) in [5.74, 6) is -1.67. The third kappa shape index (κ3) is 22.9. The van der Waals surface area contributed by atoms with Gasteiger partial charge in [-0.2, -0.15) is 10.2 Å². The molecule has 0 saturated carbocycles. The van der Waals surface area contributed by atoms with E-state index in [0.29, 0.717) is 11.4 Å². The second-order valence-corrected chi connectivity index (χ2v) is 12.2. The third-order valence-electron chi connectivity index (χ3n) is 7.07. The first kappa shape index (κ1) is 58.4. The normalized spacial score (nSPS) is 8.72. The van der Waals surface area contributed by atoms with Crippen molar-refractivity contribution in [2.45, 2.75) is 69.2 Å². The molecule has 18 nitrogen and oxygen atoms in total. The average molecular weight is 809 g/mol. The maximum absolute atomic E-state index is 9.00. The summed E-state index contributed by atoms with van der Waals surface area (Å²) in [5, 5.41) is 31.5. The number of carbonyl (C=O) groups is 2. The fourth-order valence-corrected chi connectivity index (χ4v) is 4.55. The zero-order valence-corrected chi connectivity index (χ0v) is 37.6. The Morgan fingerprint density at radius 1 is 0.655 bits per heavy atom. The second kappa shape index (κ2) is 32.9. The number of aliphatic imine (C=N–C) groups is 2. The predicted molar refractivity (Wildman–Crippen MR) is 236 cm³/mol. The Labute approximate surface area is 343 Å². The van der Waals surface area contributed by atoms with Crippen LogP contribution in [0.15, 0.2) is 44.5 Å². The van der Waals surface area contributed by atoms with Crippen LogP contribution in [0, 0.1) is 55.4 Å². The number of aromatic nitrogens is 4. The van der Waals surface area contributed by atoms with Crippen molar-refractivity contribution in [2.24, 2.45) is 34.3 Å². The number of nitrogens with zero attached hydrogens (tertiary/aromatic N) is 12. The Bertz CT molecular complexity index is 1960. The lowest BCUT2D eigenvalue weighted by Crippen LogP contribution is -1.93. The van der Waals surface area contributed by atoms with Crippen molar-refractivity contribution >= 4 is 36.7 Å². The Morgan fingerprint density at radius 2 is 1.00 bits per heavy atom. The van der Waals surface area contributed by atoms with Gasteiger partial charge in [-0.1, -0.05) is 27.9 Å². The summed E-state index contributed by atoms with van der Waals surface area (Å²) in [5.41, 5.74) is 31.2. The number of aryl methyl sites for hydroxylation is 6. The number of methoxy groups -OCH3 is 2. The van der Waals surface area contributed by atoms with Crippen LogP contribution in [0.4, 0.5) is 11.4 Å². The van der Waals surface area contributed by atoms with Crippen molar-refractivity contribution in [2.75, 3.05) is 42.5 Å². The topological polar surface area (TPSA) is 251 Å². The largest absolute Gasteiger partial charge is 0.481 e. The number of hydrogen-bond acceptors (Lipinski definition) is 10. The van der Waals surface area contributed by atoms with E-state index in [9.17, 15) is 0 Å². The molecule has 0 atom stereocenters. The molecule has 4 rings (SSSR count). The van der Waals surface area contributed by atoms with Gasteiger partial charge < -0.3 is 29.7 Å². The molecule has 4 aromatic rings. The average Bonchev–Trinajstić information content (AvgIpc) is 3.50. The van der Waals surface area contributed by atoms with Gasteiger partial charge in [0.15, 0.2) is 0 Å². The SMILES string of the molecule is C=NC.C=NC.CC(=O)O.CC(=O)O.COC.COC.Cc1cc(C)c(-c2nn(C)c(C)c2C)c(N=[N+]=[N-])c1.Cc1cc(C)c(-c2nn(C)c(C)c2C)cc1N=[N+]=[N-]. The molecular weight excluding hydrogens is 745 g/mol. The van der Waals surface area contributed by atoms with E-state index in [-0.39, 0.29) is 0 Å². The highest BCUT2D eigenvalue weighted by Crippen LogP contribution is 2.36. The van der Waals surface area contributed by atoms with E-state index >= 15 is 0 Å².